The molecule has 3 aromatic rings. The van der Waals surface area contributed by atoms with Crippen LogP contribution in [0.25, 0.3) is 16.6 Å². The molecule has 0 bridgehead atoms. The second kappa shape index (κ2) is 8.58. The molecule has 0 radical (unpaired) electrons. The summed E-state index contributed by atoms with van der Waals surface area (Å²) in [5.41, 5.74) is 0.211. The molecule has 9 heteroatoms. The summed E-state index contributed by atoms with van der Waals surface area (Å²) in [4.78, 5) is 27.7. The molecule has 0 aliphatic carbocycles. The molecule has 2 aromatic carbocycles. The summed E-state index contributed by atoms with van der Waals surface area (Å²) in [5, 5.41) is 8.70. The van der Waals surface area contributed by atoms with E-state index in [0.29, 0.717) is 31.9 Å². The fraction of sp³-hybridized carbons (Fsp3) is 0.304. The average Bonchev–Trinajstić information content (AvgIpc) is 2.76. The lowest BCUT2D eigenvalue weighted by molar-refractivity contribution is 0.144. The van der Waals surface area contributed by atoms with Gasteiger partial charge in [-0.05, 0) is 31.7 Å². The highest BCUT2D eigenvalue weighted by Crippen LogP contribution is 2.33. The van der Waals surface area contributed by atoms with E-state index in [0.717, 1.165) is 24.4 Å². The number of rotatable bonds is 4. The number of carboxylic acid groups (broad SMARTS) is 1. The summed E-state index contributed by atoms with van der Waals surface area (Å²) >= 11 is 0. The van der Waals surface area contributed by atoms with E-state index in [-0.39, 0.29) is 16.6 Å². The maximum Gasteiger partial charge on any atom is 0.511 e. The quantitative estimate of drug-likeness (QED) is 0.619. The number of piperazine rings is 1. The molecule has 1 aliphatic heterocycles. The highest BCUT2D eigenvalue weighted by Gasteiger charge is 2.27. The zero-order valence-electron chi connectivity index (χ0n) is 17.8. The topological polar surface area (TPSA) is 75.0 Å². The van der Waals surface area contributed by atoms with Gasteiger partial charge in [-0.1, -0.05) is 24.6 Å². The maximum atomic E-state index is 15.9. The fourth-order valence-electron chi connectivity index (χ4n) is 4.03. The molecule has 0 atom stereocenters. The van der Waals surface area contributed by atoms with Crippen LogP contribution in [0.4, 0.5) is 19.3 Å². The molecule has 0 amide bonds. The molecule has 0 saturated carbocycles. The molecular formula is C23H23F2N3O4. The van der Waals surface area contributed by atoms with Crippen LogP contribution >= 0.6 is 0 Å². The van der Waals surface area contributed by atoms with Gasteiger partial charge < -0.3 is 24.2 Å². The largest absolute Gasteiger partial charge is 0.511 e. The average molecular weight is 443 g/mol. The normalized spacial score (nSPS) is 14.7. The summed E-state index contributed by atoms with van der Waals surface area (Å²) in [6.07, 6.45) is -0.563. The van der Waals surface area contributed by atoms with Crippen molar-refractivity contribution in [3.05, 3.63) is 63.9 Å². The maximum absolute atomic E-state index is 15.9. The van der Waals surface area contributed by atoms with Gasteiger partial charge in [-0.2, -0.15) is 0 Å². The number of aryl methyl sites for hydroxylation is 1. The Bertz CT molecular complexity index is 1230. The predicted octanol–water partition coefficient (Wildman–Crippen LogP) is 3.78. The van der Waals surface area contributed by atoms with Gasteiger partial charge >= 0.3 is 6.16 Å². The molecule has 7 nitrogen and oxygen atoms in total. The Hall–Kier alpha value is -3.46. The lowest BCUT2D eigenvalue weighted by atomic mass is 10.1. The van der Waals surface area contributed by atoms with E-state index in [2.05, 4.69) is 9.64 Å². The van der Waals surface area contributed by atoms with E-state index in [1.165, 1.54) is 4.57 Å². The van der Waals surface area contributed by atoms with E-state index < -0.39 is 29.0 Å². The molecule has 1 aromatic heterocycles. The Morgan fingerprint density at radius 3 is 2.38 bits per heavy atom. The van der Waals surface area contributed by atoms with E-state index in [4.69, 9.17) is 5.11 Å². The van der Waals surface area contributed by atoms with E-state index in [1.807, 2.05) is 13.8 Å². The van der Waals surface area contributed by atoms with Crippen LogP contribution in [-0.4, -0.2) is 53.5 Å². The summed E-state index contributed by atoms with van der Waals surface area (Å²) in [6, 6.07) is 7.95. The van der Waals surface area contributed by atoms with Crippen molar-refractivity contribution in [2.24, 2.45) is 0 Å². The first-order valence-corrected chi connectivity index (χ1v) is 10.3. The van der Waals surface area contributed by atoms with Gasteiger partial charge in [0, 0.05) is 31.9 Å². The van der Waals surface area contributed by atoms with Crippen LogP contribution in [0, 0.1) is 18.6 Å². The zero-order valence-corrected chi connectivity index (χ0v) is 17.8. The minimum atomic E-state index is -1.69. The molecule has 32 heavy (non-hydrogen) atoms. The Labute approximate surface area is 183 Å². The van der Waals surface area contributed by atoms with Crippen LogP contribution < -0.4 is 15.1 Å². The van der Waals surface area contributed by atoms with E-state index >= 15 is 8.78 Å². The van der Waals surface area contributed by atoms with Crippen molar-refractivity contribution in [3.63, 3.8) is 0 Å². The number of benzene rings is 2. The van der Waals surface area contributed by atoms with Crippen LogP contribution in [-0.2, 0) is 0 Å². The highest BCUT2D eigenvalue weighted by atomic mass is 19.1. The second-order valence-electron chi connectivity index (χ2n) is 7.73. The lowest BCUT2D eigenvalue weighted by Crippen LogP contribution is -2.46. The molecule has 1 saturated heterocycles. The molecule has 1 aliphatic rings. The minimum Gasteiger partial charge on any atom is -0.449 e. The summed E-state index contributed by atoms with van der Waals surface area (Å²) in [7, 11) is 0. The van der Waals surface area contributed by atoms with Crippen LogP contribution in [0.5, 0.6) is 5.75 Å². The summed E-state index contributed by atoms with van der Waals surface area (Å²) in [5.74, 6) is -2.28. The van der Waals surface area contributed by atoms with Gasteiger partial charge in [0.05, 0.1) is 17.1 Å². The zero-order chi connectivity index (χ0) is 23.0. The molecule has 0 unspecified atom stereocenters. The van der Waals surface area contributed by atoms with Crippen molar-refractivity contribution in [3.8, 4) is 11.4 Å². The number of hydrogen-bond acceptors (Lipinski definition) is 5. The molecular weight excluding hydrogens is 420 g/mol. The number of hydrogen-bond donors (Lipinski definition) is 1. The van der Waals surface area contributed by atoms with Gasteiger partial charge in [-0.25, -0.2) is 13.6 Å². The SMILES string of the molecule is CCN1CCN(c2c(F)cc3c(=O)c(OC(=O)O)cn(-c4ccc(C)cc4)c3c2F)CC1. The number of halogens is 2. The van der Waals surface area contributed by atoms with Crippen molar-refractivity contribution in [1.29, 1.82) is 0 Å². The van der Waals surface area contributed by atoms with Crippen molar-refractivity contribution >= 4 is 22.7 Å². The molecule has 168 valence electrons. The fourth-order valence-corrected chi connectivity index (χ4v) is 4.03. The predicted molar refractivity (Wildman–Crippen MR) is 117 cm³/mol. The number of likely N-dealkylation sites (N-methyl/N-ethyl adjacent to an activating group) is 1. The van der Waals surface area contributed by atoms with Crippen molar-refractivity contribution < 1.29 is 23.4 Å². The first-order valence-electron chi connectivity index (χ1n) is 10.3. The van der Waals surface area contributed by atoms with Gasteiger partial charge in [0.2, 0.25) is 5.43 Å². The molecule has 2 heterocycles. The van der Waals surface area contributed by atoms with Crippen LogP contribution in [0.15, 0.2) is 41.3 Å². The molecule has 4 rings (SSSR count). The first kappa shape index (κ1) is 21.8. The first-order chi connectivity index (χ1) is 15.3. The molecule has 1 N–H and O–H groups in total. The second-order valence-corrected chi connectivity index (χ2v) is 7.73. The van der Waals surface area contributed by atoms with Crippen LogP contribution in [0.3, 0.4) is 0 Å². The minimum absolute atomic E-state index is 0.133. The third-order valence-corrected chi connectivity index (χ3v) is 5.77. The van der Waals surface area contributed by atoms with Crippen molar-refractivity contribution in [2.45, 2.75) is 13.8 Å². The standard InChI is InChI=1S/C23H23F2N3O4/c1-3-26-8-10-27(11-9-26)21-17(24)12-16-20(19(21)25)28(15-6-4-14(2)5-7-15)13-18(22(16)29)32-23(30)31/h4-7,12-13H,3,8-11H2,1-2H3,(H,30,31). The van der Waals surface area contributed by atoms with Gasteiger partial charge in [0.1, 0.15) is 11.5 Å². The Morgan fingerprint density at radius 1 is 1.12 bits per heavy atom. The monoisotopic (exact) mass is 443 g/mol. The highest BCUT2D eigenvalue weighted by molar-refractivity contribution is 5.87. The Morgan fingerprint density at radius 2 is 1.78 bits per heavy atom. The number of ether oxygens (including phenoxy) is 1. The molecule has 1 fully saturated rings. The van der Waals surface area contributed by atoms with Crippen LogP contribution in [0.1, 0.15) is 12.5 Å². The lowest BCUT2D eigenvalue weighted by Gasteiger charge is -2.36. The smallest absolute Gasteiger partial charge is 0.449 e. The third kappa shape index (κ3) is 3.91. The number of carbonyl (C=O) groups is 1. The van der Waals surface area contributed by atoms with Gasteiger partial charge in [0.25, 0.3) is 0 Å². The Balaban J connectivity index is 1.97. The number of anilines is 1. The van der Waals surface area contributed by atoms with Crippen molar-refractivity contribution in [1.82, 2.24) is 9.47 Å². The summed E-state index contributed by atoms with van der Waals surface area (Å²) < 4.78 is 36.9. The van der Waals surface area contributed by atoms with Gasteiger partial charge in [0.15, 0.2) is 11.6 Å². The number of pyridine rings is 1. The number of fused-ring (bicyclic) bond motifs is 1. The van der Waals surface area contributed by atoms with Gasteiger partial charge in [-0.15, -0.1) is 0 Å². The molecule has 0 spiro atoms. The number of aromatic nitrogens is 1. The van der Waals surface area contributed by atoms with Crippen LogP contribution in [0.2, 0.25) is 0 Å². The summed E-state index contributed by atoms with van der Waals surface area (Å²) in [6.45, 7) is 7.01. The van der Waals surface area contributed by atoms with E-state index in [9.17, 15) is 9.59 Å². The van der Waals surface area contributed by atoms with Gasteiger partial charge in [-0.3, -0.25) is 4.79 Å². The number of nitrogens with zero attached hydrogens (tertiary/aromatic N) is 3. The third-order valence-electron chi connectivity index (χ3n) is 5.77. The van der Waals surface area contributed by atoms with Crippen molar-refractivity contribution in [2.75, 3.05) is 37.6 Å². The Kier molecular flexibility index (Phi) is 5.84. The van der Waals surface area contributed by atoms with E-state index in [1.54, 1.807) is 29.2 Å².